The molecule has 1 atom stereocenters. The van der Waals surface area contributed by atoms with Crippen LogP contribution >= 0.6 is 0 Å². The van der Waals surface area contributed by atoms with E-state index in [1.807, 2.05) is 4.90 Å². The zero-order chi connectivity index (χ0) is 14.2. The third kappa shape index (κ3) is 2.95. The molecule has 6 heteroatoms. The summed E-state index contributed by atoms with van der Waals surface area (Å²) in [5.41, 5.74) is 0. The summed E-state index contributed by atoms with van der Waals surface area (Å²) >= 11 is 0. The summed E-state index contributed by atoms with van der Waals surface area (Å²) in [6.45, 7) is 1.67. The van der Waals surface area contributed by atoms with Gasteiger partial charge in [-0.3, -0.25) is 4.79 Å². The van der Waals surface area contributed by atoms with Gasteiger partial charge in [0.15, 0.2) is 5.82 Å². The molecule has 21 heavy (non-hydrogen) atoms. The number of rotatable bonds is 6. The maximum Gasteiger partial charge on any atom is 0.249 e. The van der Waals surface area contributed by atoms with Gasteiger partial charge < -0.3 is 14.2 Å². The maximum atomic E-state index is 12.3. The van der Waals surface area contributed by atoms with Crippen molar-refractivity contribution in [2.75, 3.05) is 19.8 Å². The molecule has 0 N–H and O–H groups in total. The van der Waals surface area contributed by atoms with Crippen LogP contribution < -0.4 is 0 Å². The van der Waals surface area contributed by atoms with Gasteiger partial charge in [0.1, 0.15) is 6.61 Å². The molecule has 3 fully saturated rings. The molecule has 2 aliphatic carbocycles. The Bertz CT molecular complexity index is 522. The molecular weight excluding hydrogens is 270 g/mol. The van der Waals surface area contributed by atoms with E-state index in [4.69, 9.17) is 9.26 Å². The lowest BCUT2D eigenvalue weighted by Crippen LogP contribution is -2.34. The first-order chi connectivity index (χ1) is 10.3. The molecule has 6 nitrogen and oxygen atoms in total. The normalized spacial score (nSPS) is 25.5. The van der Waals surface area contributed by atoms with Crippen LogP contribution in [0.5, 0.6) is 0 Å². The van der Waals surface area contributed by atoms with Crippen LogP contribution in [-0.4, -0.2) is 40.7 Å². The number of ether oxygens (including phenoxy) is 1. The van der Waals surface area contributed by atoms with E-state index in [9.17, 15) is 4.79 Å². The van der Waals surface area contributed by atoms with Crippen molar-refractivity contribution in [3.8, 4) is 0 Å². The molecule has 0 bridgehead atoms. The van der Waals surface area contributed by atoms with Gasteiger partial charge in [0.2, 0.25) is 11.8 Å². The first-order valence-electron chi connectivity index (χ1n) is 8.02. The molecule has 0 unspecified atom stereocenters. The van der Waals surface area contributed by atoms with Gasteiger partial charge in [-0.2, -0.15) is 4.98 Å². The van der Waals surface area contributed by atoms with Crippen LogP contribution in [0.15, 0.2) is 4.52 Å². The summed E-state index contributed by atoms with van der Waals surface area (Å²) in [5.74, 6) is 2.61. The van der Waals surface area contributed by atoms with Crippen molar-refractivity contribution in [2.45, 2.75) is 50.5 Å². The van der Waals surface area contributed by atoms with Gasteiger partial charge in [-0.15, -0.1) is 0 Å². The number of nitrogens with zero attached hydrogens (tertiary/aromatic N) is 3. The number of hydrogen-bond donors (Lipinski definition) is 0. The fraction of sp³-hybridized carbons (Fsp3) is 0.800. The Balaban J connectivity index is 1.37. The molecule has 1 aromatic rings. The minimum absolute atomic E-state index is 0.0294. The van der Waals surface area contributed by atoms with E-state index >= 15 is 0 Å². The molecule has 114 valence electrons. The van der Waals surface area contributed by atoms with Crippen LogP contribution in [0, 0.1) is 5.92 Å². The monoisotopic (exact) mass is 291 g/mol. The number of amides is 1. The van der Waals surface area contributed by atoms with Crippen LogP contribution in [0.2, 0.25) is 0 Å². The molecule has 1 saturated heterocycles. The zero-order valence-electron chi connectivity index (χ0n) is 12.2. The predicted molar refractivity (Wildman–Crippen MR) is 73.5 cm³/mol. The van der Waals surface area contributed by atoms with Gasteiger partial charge >= 0.3 is 0 Å². The highest BCUT2D eigenvalue weighted by Crippen LogP contribution is 2.40. The van der Waals surface area contributed by atoms with Crippen molar-refractivity contribution in [3.63, 3.8) is 0 Å². The van der Waals surface area contributed by atoms with E-state index in [1.165, 1.54) is 12.8 Å². The highest BCUT2D eigenvalue weighted by atomic mass is 16.5. The molecule has 4 rings (SSSR count). The first kappa shape index (κ1) is 13.2. The molecule has 1 amide bonds. The summed E-state index contributed by atoms with van der Waals surface area (Å²) in [6.07, 6.45) is 6.68. The van der Waals surface area contributed by atoms with Gasteiger partial charge in [-0.1, -0.05) is 5.16 Å². The lowest BCUT2D eigenvalue weighted by molar-refractivity contribution is -0.137. The lowest BCUT2D eigenvalue weighted by Gasteiger charge is -2.22. The van der Waals surface area contributed by atoms with Crippen LogP contribution in [0.1, 0.15) is 62.2 Å². The highest BCUT2D eigenvalue weighted by Gasteiger charge is 2.36. The van der Waals surface area contributed by atoms with Crippen molar-refractivity contribution in [2.24, 2.45) is 5.92 Å². The van der Waals surface area contributed by atoms with E-state index in [1.54, 1.807) is 0 Å². The number of carbonyl (C=O) groups excluding carboxylic acids is 1. The fourth-order valence-electron chi connectivity index (χ4n) is 2.89. The Labute approximate surface area is 123 Å². The van der Waals surface area contributed by atoms with Crippen LogP contribution in [0.25, 0.3) is 0 Å². The average Bonchev–Trinajstić information content (AvgIpc) is 3.40. The molecule has 3 aliphatic rings. The number of aromatic nitrogens is 2. The molecule has 0 radical (unpaired) electrons. The van der Waals surface area contributed by atoms with Crippen LogP contribution in [-0.2, 0) is 9.53 Å². The Morgan fingerprint density at radius 2 is 2.14 bits per heavy atom. The van der Waals surface area contributed by atoms with E-state index < -0.39 is 0 Å². The van der Waals surface area contributed by atoms with E-state index in [0.29, 0.717) is 17.7 Å². The summed E-state index contributed by atoms with van der Waals surface area (Å²) < 4.78 is 10.8. The summed E-state index contributed by atoms with van der Waals surface area (Å²) in [4.78, 5) is 18.6. The largest absolute Gasteiger partial charge is 0.371 e. The van der Waals surface area contributed by atoms with E-state index in [0.717, 1.165) is 44.7 Å². The van der Waals surface area contributed by atoms with Crippen molar-refractivity contribution < 1.29 is 14.1 Å². The van der Waals surface area contributed by atoms with Crippen LogP contribution in [0.3, 0.4) is 0 Å². The molecule has 0 aromatic carbocycles. The molecule has 1 aromatic heterocycles. The summed E-state index contributed by atoms with van der Waals surface area (Å²) in [7, 11) is 0. The van der Waals surface area contributed by atoms with Crippen molar-refractivity contribution in [1.82, 2.24) is 15.0 Å². The quantitative estimate of drug-likeness (QED) is 0.802. The third-order valence-electron chi connectivity index (χ3n) is 4.53. The number of hydrogen-bond acceptors (Lipinski definition) is 5. The van der Waals surface area contributed by atoms with E-state index in [2.05, 4.69) is 10.1 Å². The molecule has 2 heterocycles. The van der Waals surface area contributed by atoms with Crippen LogP contribution in [0.4, 0.5) is 0 Å². The van der Waals surface area contributed by atoms with Gasteiger partial charge in [0.25, 0.3) is 0 Å². The maximum absolute atomic E-state index is 12.3. The lowest BCUT2D eigenvalue weighted by atomic mass is 10.2. The second-order valence-electron chi connectivity index (χ2n) is 6.47. The van der Waals surface area contributed by atoms with Gasteiger partial charge in [0.05, 0.1) is 12.6 Å². The zero-order valence-corrected chi connectivity index (χ0v) is 12.2. The third-order valence-corrected chi connectivity index (χ3v) is 4.53. The molecule has 1 aliphatic heterocycles. The van der Waals surface area contributed by atoms with Crippen molar-refractivity contribution in [1.29, 1.82) is 0 Å². The Morgan fingerprint density at radius 3 is 2.90 bits per heavy atom. The SMILES string of the molecule is O=C(COCC1CC1)N1CCC[C@H]1c1noc(C2CC2)n1. The Morgan fingerprint density at radius 1 is 1.29 bits per heavy atom. The number of likely N-dealkylation sites (tertiary alicyclic amines) is 1. The second-order valence-corrected chi connectivity index (χ2v) is 6.47. The second kappa shape index (κ2) is 5.40. The predicted octanol–water partition coefficient (Wildman–Crippen LogP) is 2.04. The van der Waals surface area contributed by atoms with Gasteiger partial charge in [-0.25, -0.2) is 0 Å². The molecular formula is C15H21N3O3. The molecule has 0 spiro atoms. The van der Waals surface area contributed by atoms with Crippen molar-refractivity contribution in [3.05, 3.63) is 11.7 Å². The Hall–Kier alpha value is -1.43. The van der Waals surface area contributed by atoms with Crippen molar-refractivity contribution >= 4 is 5.91 Å². The summed E-state index contributed by atoms with van der Waals surface area (Å²) in [5, 5.41) is 4.09. The van der Waals surface area contributed by atoms with Gasteiger partial charge in [0, 0.05) is 12.5 Å². The van der Waals surface area contributed by atoms with Gasteiger partial charge in [-0.05, 0) is 44.4 Å². The average molecular weight is 291 g/mol. The highest BCUT2D eigenvalue weighted by molar-refractivity contribution is 5.78. The smallest absolute Gasteiger partial charge is 0.249 e. The molecule has 2 saturated carbocycles. The minimum atomic E-state index is -0.0294. The fourth-order valence-corrected chi connectivity index (χ4v) is 2.89. The topological polar surface area (TPSA) is 68.5 Å². The Kier molecular flexibility index (Phi) is 3.41. The van der Waals surface area contributed by atoms with E-state index in [-0.39, 0.29) is 18.6 Å². The standard InChI is InChI=1S/C15H21N3O3/c19-13(9-20-8-10-3-4-10)18-7-1-2-12(18)14-16-15(21-17-14)11-5-6-11/h10-12H,1-9H2/t12-/m0/s1. The first-order valence-corrected chi connectivity index (χ1v) is 8.02. The summed E-state index contributed by atoms with van der Waals surface area (Å²) in [6, 6.07) is -0.0294. The number of carbonyl (C=O) groups is 1. The minimum Gasteiger partial charge on any atom is -0.371 e.